The van der Waals surface area contributed by atoms with Crippen LogP contribution in [0, 0.1) is 5.41 Å². The maximum absolute atomic E-state index is 12.5. The number of piperidine rings is 1. The molecule has 1 aliphatic carbocycles. The van der Waals surface area contributed by atoms with Gasteiger partial charge in [-0.05, 0) is 56.0 Å². The quantitative estimate of drug-likeness (QED) is 0.565. The summed E-state index contributed by atoms with van der Waals surface area (Å²) in [5, 5.41) is 17.6. The Morgan fingerprint density at radius 2 is 1.97 bits per heavy atom. The number of amides is 1. The van der Waals surface area contributed by atoms with Crippen LogP contribution in [0.4, 0.5) is 5.82 Å². The zero-order chi connectivity index (χ0) is 20.2. The van der Waals surface area contributed by atoms with E-state index in [2.05, 4.69) is 33.1 Å². The van der Waals surface area contributed by atoms with Crippen LogP contribution in [0.15, 0.2) is 36.4 Å². The Kier molecular flexibility index (Phi) is 5.76. The van der Waals surface area contributed by atoms with Crippen LogP contribution < -0.4 is 20.7 Å². The van der Waals surface area contributed by atoms with Gasteiger partial charge in [-0.2, -0.15) is 4.98 Å². The van der Waals surface area contributed by atoms with Crippen molar-refractivity contribution in [3.05, 3.63) is 53.1 Å². The number of ether oxygens (including phenoxy) is 1. The third-order valence-electron chi connectivity index (χ3n) is 5.62. The van der Waals surface area contributed by atoms with Gasteiger partial charge < -0.3 is 20.7 Å². The molecule has 7 heteroatoms. The minimum atomic E-state index is -0.367. The molecule has 0 bridgehead atoms. The van der Waals surface area contributed by atoms with Crippen LogP contribution in [-0.2, 0) is 11.2 Å². The Balaban J connectivity index is 1.46. The molecule has 1 unspecified atom stereocenters. The van der Waals surface area contributed by atoms with E-state index in [1.165, 1.54) is 11.1 Å². The lowest BCUT2D eigenvalue weighted by Crippen LogP contribution is -2.45. The molecule has 0 saturated carbocycles. The highest BCUT2D eigenvalue weighted by Gasteiger charge is 2.25. The number of hydrogen-bond acceptors (Lipinski definition) is 6. The van der Waals surface area contributed by atoms with E-state index >= 15 is 0 Å². The number of pyridine rings is 1. The molecular weight excluding hydrogens is 366 g/mol. The van der Waals surface area contributed by atoms with Crippen molar-refractivity contribution >= 4 is 17.4 Å². The third-order valence-corrected chi connectivity index (χ3v) is 5.62. The Hall–Kier alpha value is -2.93. The highest BCUT2D eigenvalue weighted by molar-refractivity contribution is 6.45. The first-order valence-electron chi connectivity index (χ1n) is 10.2. The highest BCUT2D eigenvalue weighted by Crippen LogP contribution is 2.34. The van der Waals surface area contributed by atoms with E-state index < -0.39 is 0 Å². The minimum Gasteiger partial charge on any atom is -0.469 e. The first kappa shape index (κ1) is 19.4. The number of carbonyl (C=O) groups is 1. The fourth-order valence-corrected chi connectivity index (χ4v) is 4.03. The van der Waals surface area contributed by atoms with Gasteiger partial charge >= 0.3 is 0 Å². The summed E-state index contributed by atoms with van der Waals surface area (Å²) in [5.41, 5.74) is 2.91. The van der Waals surface area contributed by atoms with E-state index in [1.807, 2.05) is 12.1 Å². The second kappa shape index (κ2) is 8.61. The molecule has 1 saturated heterocycles. The molecule has 1 amide bonds. The molecule has 1 aliphatic heterocycles. The summed E-state index contributed by atoms with van der Waals surface area (Å²) in [7, 11) is 1.73. The molecule has 29 heavy (non-hydrogen) atoms. The number of anilines is 1. The summed E-state index contributed by atoms with van der Waals surface area (Å²) in [5.74, 6) is 0.596. The Morgan fingerprint density at radius 1 is 1.17 bits per heavy atom. The summed E-state index contributed by atoms with van der Waals surface area (Å²) in [6.45, 7) is 1.77. The summed E-state index contributed by atoms with van der Waals surface area (Å²) < 4.78 is 6.13. The van der Waals surface area contributed by atoms with E-state index in [0.717, 1.165) is 38.8 Å². The van der Waals surface area contributed by atoms with Gasteiger partial charge in [0.05, 0.1) is 0 Å². The predicted octanol–water partition coefficient (Wildman–Crippen LogP) is 2.43. The molecule has 2 heterocycles. The van der Waals surface area contributed by atoms with Gasteiger partial charge in [0.25, 0.3) is 5.91 Å². The second-order valence-electron chi connectivity index (χ2n) is 7.51. The zero-order valence-electron chi connectivity index (χ0n) is 16.6. The third kappa shape index (κ3) is 4.24. The molecule has 152 valence electrons. The van der Waals surface area contributed by atoms with Crippen molar-refractivity contribution in [2.75, 3.05) is 25.5 Å². The highest BCUT2D eigenvalue weighted by atomic mass is 16.5. The Bertz CT molecular complexity index is 908. The molecule has 2 aromatic rings. The molecule has 2 aliphatic rings. The normalized spacial score (nSPS) is 18.7. The molecule has 1 fully saturated rings. The van der Waals surface area contributed by atoms with Crippen LogP contribution in [0.1, 0.15) is 42.1 Å². The minimum absolute atomic E-state index is 0.0167. The van der Waals surface area contributed by atoms with Crippen LogP contribution in [0.2, 0.25) is 0 Å². The van der Waals surface area contributed by atoms with Crippen LogP contribution in [0.25, 0.3) is 0 Å². The van der Waals surface area contributed by atoms with Gasteiger partial charge in [0.15, 0.2) is 0 Å². The number of benzene rings is 1. The van der Waals surface area contributed by atoms with Crippen molar-refractivity contribution in [3.8, 4) is 5.88 Å². The number of hydrogen-bond donors (Lipinski definition) is 4. The predicted molar refractivity (Wildman–Crippen MR) is 113 cm³/mol. The van der Waals surface area contributed by atoms with Crippen LogP contribution >= 0.6 is 0 Å². The summed E-state index contributed by atoms with van der Waals surface area (Å²) in [6, 6.07) is 11.9. The van der Waals surface area contributed by atoms with Crippen molar-refractivity contribution in [2.24, 2.45) is 0 Å². The maximum atomic E-state index is 12.5. The lowest BCUT2D eigenvalue weighted by molar-refractivity contribution is -0.115. The van der Waals surface area contributed by atoms with E-state index in [-0.39, 0.29) is 23.8 Å². The molecule has 7 nitrogen and oxygen atoms in total. The van der Waals surface area contributed by atoms with Gasteiger partial charge in [0.1, 0.15) is 17.6 Å². The fourth-order valence-electron chi connectivity index (χ4n) is 4.03. The van der Waals surface area contributed by atoms with Crippen LogP contribution in [-0.4, -0.2) is 42.8 Å². The monoisotopic (exact) mass is 393 g/mol. The smallest absolute Gasteiger partial charge is 0.270 e. The molecule has 4 rings (SSSR count). The summed E-state index contributed by atoms with van der Waals surface area (Å²) >= 11 is 0. The number of aryl methyl sites for hydroxylation is 1. The second-order valence-corrected chi connectivity index (χ2v) is 7.51. The molecule has 4 N–H and O–H groups in total. The Labute approximate surface area is 170 Å². The van der Waals surface area contributed by atoms with Gasteiger partial charge in [0, 0.05) is 24.7 Å². The van der Waals surface area contributed by atoms with E-state index in [4.69, 9.17) is 10.1 Å². The van der Waals surface area contributed by atoms with E-state index in [1.54, 1.807) is 19.2 Å². The largest absolute Gasteiger partial charge is 0.469 e. The number of nitrogens with one attached hydrogen (secondary N) is 4. The molecule has 0 radical (unpaired) electrons. The van der Waals surface area contributed by atoms with E-state index in [9.17, 15) is 4.79 Å². The maximum Gasteiger partial charge on any atom is 0.270 e. The van der Waals surface area contributed by atoms with Gasteiger partial charge in [-0.1, -0.05) is 24.3 Å². The van der Waals surface area contributed by atoms with Crippen LogP contribution in [0.5, 0.6) is 5.88 Å². The SMILES string of the molecule is CNc1nc(OC2CCc3ccccc32)ccc1C(=N)C(=O)NC1CCNCC1. The van der Waals surface area contributed by atoms with Crippen LogP contribution in [0.3, 0.4) is 0 Å². The number of rotatable bonds is 6. The van der Waals surface area contributed by atoms with Crippen molar-refractivity contribution in [1.82, 2.24) is 15.6 Å². The number of aromatic nitrogens is 1. The summed E-state index contributed by atoms with van der Waals surface area (Å²) in [4.78, 5) is 17.1. The fraction of sp³-hybridized carbons (Fsp3) is 0.409. The zero-order valence-corrected chi connectivity index (χ0v) is 16.6. The molecule has 0 spiro atoms. The molecule has 1 aromatic carbocycles. The van der Waals surface area contributed by atoms with Crippen molar-refractivity contribution < 1.29 is 9.53 Å². The average Bonchev–Trinajstić information content (AvgIpc) is 3.16. The van der Waals surface area contributed by atoms with Gasteiger partial charge in [-0.15, -0.1) is 0 Å². The average molecular weight is 393 g/mol. The lowest BCUT2D eigenvalue weighted by atomic mass is 10.1. The first-order chi connectivity index (χ1) is 14.2. The Morgan fingerprint density at radius 3 is 2.76 bits per heavy atom. The van der Waals surface area contributed by atoms with E-state index in [0.29, 0.717) is 17.3 Å². The van der Waals surface area contributed by atoms with Crippen molar-refractivity contribution in [3.63, 3.8) is 0 Å². The topological polar surface area (TPSA) is 99.1 Å². The molecule has 1 aromatic heterocycles. The van der Waals surface area contributed by atoms with Gasteiger partial charge in [-0.3, -0.25) is 10.2 Å². The van der Waals surface area contributed by atoms with Gasteiger partial charge in [-0.25, -0.2) is 0 Å². The molecular formula is C22H27N5O2. The van der Waals surface area contributed by atoms with Gasteiger partial charge in [0.2, 0.25) is 5.88 Å². The first-order valence-corrected chi connectivity index (χ1v) is 10.2. The lowest BCUT2D eigenvalue weighted by Gasteiger charge is -2.24. The standard InChI is InChI=1S/C22H27N5O2/c1-24-21-17(20(23)22(28)26-15-10-12-25-13-11-15)7-9-19(27-21)29-18-8-6-14-4-2-3-5-16(14)18/h2-5,7,9,15,18,23,25H,6,8,10-13H2,1H3,(H,24,27)(H,26,28). The number of fused-ring (bicyclic) bond motifs is 1. The summed E-state index contributed by atoms with van der Waals surface area (Å²) in [6.07, 6.45) is 3.67. The van der Waals surface area contributed by atoms with Crippen molar-refractivity contribution in [1.29, 1.82) is 5.41 Å². The number of carbonyl (C=O) groups excluding carboxylic acids is 1. The van der Waals surface area contributed by atoms with Crippen molar-refractivity contribution in [2.45, 2.75) is 37.8 Å². The molecule has 1 atom stereocenters. The number of nitrogens with zero attached hydrogens (tertiary/aromatic N) is 1.